The predicted octanol–water partition coefficient (Wildman–Crippen LogP) is 2.18. The summed E-state index contributed by atoms with van der Waals surface area (Å²) in [6.07, 6.45) is 0.808. The molecule has 148 valence electrons. The molecule has 28 heavy (non-hydrogen) atoms. The third-order valence-electron chi connectivity index (χ3n) is 5.00. The number of thiophene rings is 1. The van der Waals surface area contributed by atoms with Crippen LogP contribution in [0.25, 0.3) is 0 Å². The number of hydrogen-bond acceptors (Lipinski definition) is 6. The Morgan fingerprint density at radius 3 is 2.68 bits per heavy atom. The lowest BCUT2D eigenvalue weighted by Crippen LogP contribution is -2.28. The van der Waals surface area contributed by atoms with Crippen LogP contribution in [0.15, 0.2) is 46.7 Å². The molecule has 0 fully saturated rings. The first-order valence-electron chi connectivity index (χ1n) is 9.24. The van der Waals surface area contributed by atoms with Gasteiger partial charge < -0.3 is 4.57 Å². The zero-order chi connectivity index (χ0) is 19.6. The molecule has 1 aliphatic heterocycles. The van der Waals surface area contributed by atoms with E-state index in [0.717, 1.165) is 38.4 Å². The van der Waals surface area contributed by atoms with Crippen molar-refractivity contribution in [2.75, 3.05) is 13.1 Å². The van der Waals surface area contributed by atoms with Crippen molar-refractivity contribution in [3.05, 3.63) is 63.9 Å². The molecule has 0 unspecified atom stereocenters. The van der Waals surface area contributed by atoms with E-state index in [-0.39, 0.29) is 11.4 Å². The van der Waals surface area contributed by atoms with Gasteiger partial charge in [0.25, 0.3) is 0 Å². The molecule has 3 aromatic rings. The van der Waals surface area contributed by atoms with E-state index in [9.17, 15) is 8.42 Å². The first-order valence-corrected chi connectivity index (χ1v) is 11.6. The van der Waals surface area contributed by atoms with E-state index < -0.39 is 10.0 Å². The zero-order valence-corrected chi connectivity index (χ0v) is 17.3. The maximum Gasteiger partial charge on any atom is 0.240 e. The maximum absolute atomic E-state index is 12.4. The number of fused-ring (bicyclic) bond motifs is 1. The van der Waals surface area contributed by atoms with Gasteiger partial charge in [0.1, 0.15) is 11.6 Å². The second-order valence-electron chi connectivity index (χ2n) is 6.87. The monoisotopic (exact) mass is 417 g/mol. The fourth-order valence-electron chi connectivity index (χ4n) is 3.33. The van der Waals surface area contributed by atoms with Gasteiger partial charge >= 0.3 is 0 Å². The van der Waals surface area contributed by atoms with Crippen LogP contribution in [0.5, 0.6) is 0 Å². The second-order valence-corrected chi connectivity index (χ2v) is 9.64. The number of aryl methyl sites for hydroxylation is 1. The second kappa shape index (κ2) is 8.12. The van der Waals surface area contributed by atoms with Crippen molar-refractivity contribution in [1.82, 2.24) is 24.4 Å². The topological polar surface area (TPSA) is 80.1 Å². The maximum atomic E-state index is 12.4. The fourth-order valence-corrected chi connectivity index (χ4v) is 5.28. The number of hydrogen-bond donors (Lipinski definition) is 1. The lowest BCUT2D eigenvalue weighted by atomic mass is 10.2. The van der Waals surface area contributed by atoms with E-state index in [0.29, 0.717) is 5.82 Å². The summed E-state index contributed by atoms with van der Waals surface area (Å²) in [7, 11) is -3.56. The predicted molar refractivity (Wildman–Crippen MR) is 109 cm³/mol. The molecule has 0 aliphatic carbocycles. The van der Waals surface area contributed by atoms with Crippen LogP contribution in [0.2, 0.25) is 0 Å². The Morgan fingerprint density at radius 2 is 1.93 bits per heavy atom. The minimum Gasteiger partial charge on any atom is -0.313 e. The molecule has 0 amide bonds. The summed E-state index contributed by atoms with van der Waals surface area (Å²) in [4.78, 5) is 4.07. The van der Waals surface area contributed by atoms with Gasteiger partial charge in [0.15, 0.2) is 0 Å². The highest BCUT2D eigenvalue weighted by atomic mass is 32.2. The summed E-state index contributed by atoms with van der Waals surface area (Å²) in [6.45, 7) is 5.79. The number of nitrogens with one attached hydrogen (secondary N) is 1. The molecule has 4 rings (SSSR count). The van der Waals surface area contributed by atoms with Crippen LogP contribution in [0, 0.1) is 6.92 Å². The van der Waals surface area contributed by atoms with E-state index in [2.05, 4.69) is 42.8 Å². The van der Waals surface area contributed by atoms with Gasteiger partial charge in [-0.25, -0.2) is 13.1 Å². The largest absolute Gasteiger partial charge is 0.313 e. The van der Waals surface area contributed by atoms with Crippen LogP contribution in [-0.4, -0.2) is 41.2 Å². The number of sulfonamides is 1. The van der Waals surface area contributed by atoms with Crippen LogP contribution in [-0.2, 0) is 36.1 Å². The normalized spacial score (nSPS) is 15.3. The summed E-state index contributed by atoms with van der Waals surface area (Å²) in [5.74, 6) is 1.57. The van der Waals surface area contributed by atoms with Crippen LogP contribution in [0.1, 0.15) is 22.1 Å². The standard InChI is InChI=1S/C19H23N5O2S2/c1-15-8-12-27-17(15)14-23-9-7-18-21-22-19(24(18)11-10-23)13-20-28(25,26)16-5-3-2-4-6-16/h2-6,8,12,20H,7,9-11,13-14H2,1H3. The van der Waals surface area contributed by atoms with Crippen molar-refractivity contribution in [2.45, 2.75) is 37.9 Å². The zero-order valence-electron chi connectivity index (χ0n) is 15.7. The summed E-state index contributed by atoms with van der Waals surface area (Å²) < 4.78 is 29.6. The summed E-state index contributed by atoms with van der Waals surface area (Å²) in [5, 5.41) is 10.6. The lowest BCUT2D eigenvalue weighted by Gasteiger charge is -2.19. The van der Waals surface area contributed by atoms with Gasteiger partial charge in [-0.2, -0.15) is 0 Å². The SMILES string of the molecule is Cc1ccsc1CN1CCc2nnc(CNS(=O)(=O)c3ccccc3)n2CC1. The smallest absolute Gasteiger partial charge is 0.240 e. The summed E-state index contributed by atoms with van der Waals surface area (Å²) in [6, 6.07) is 10.5. The van der Waals surface area contributed by atoms with Gasteiger partial charge in [0.2, 0.25) is 10.0 Å². The molecule has 0 bridgehead atoms. The van der Waals surface area contributed by atoms with Gasteiger partial charge in [-0.15, -0.1) is 21.5 Å². The highest BCUT2D eigenvalue weighted by molar-refractivity contribution is 7.89. The van der Waals surface area contributed by atoms with Crippen LogP contribution >= 0.6 is 11.3 Å². The van der Waals surface area contributed by atoms with Crippen molar-refractivity contribution in [2.24, 2.45) is 0 Å². The summed E-state index contributed by atoms with van der Waals surface area (Å²) in [5.41, 5.74) is 1.34. The highest BCUT2D eigenvalue weighted by Gasteiger charge is 2.21. The molecule has 0 saturated carbocycles. The van der Waals surface area contributed by atoms with Gasteiger partial charge in [-0.1, -0.05) is 18.2 Å². The van der Waals surface area contributed by atoms with Crippen molar-refractivity contribution in [3.8, 4) is 0 Å². The Labute approximate surface area is 169 Å². The number of rotatable bonds is 6. The number of benzene rings is 1. The number of nitrogens with zero attached hydrogens (tertiary/aromatic N) is 4. The molecular weight excluding hydrogens is 394 g/mol. The molecule has 0 radical (unpaired) electrons. The van der Waals surface area contributed by atoms with Crippen molar-refractivity contribution in [1.29, 1.82) is 0 Å². The minimum absolute atomic E-state index is 0.133. The van der Waals surface area contributed by atoms with E-state index in [1.165, 1.54) is 10.4 Å². The molecule has 3 heterocycles. The molecule has 0 atom stereocenters. The molecule has 9 heteroatoms. The molecule has 2 aromatic heterocycles. The molecule has 1 aromatic carbocycles. The van der Waals surface area contributed by atoms with Crippen molar-refractivity contribution >= 4 is 21.4 Å². The summed E-state index contributed by atoms with van der Waals surface area (Å²) >= 11 is 1.79. The van der Waals surface area contributed by atoms with Gasteiger partial charge in [0.05, 0.1) is 11.4 Å². The average molecular weight is 418 g/mol. The Morgan fingerprint density at radius 1 is 1.11 bits per heavy atom. The third kappa shape index (κ3) is 4.17. The molecular formula is C19H23N5O2S2. The van der Waals surface area contributed by atoms with E-state index in [1.54, 1.807) is 41.7 Å². The third-order valence-corrected chi connectivity index (χ3v) is 7.43. The van der Waals surface area contributed by atoms with Crippen molar-refractivity contribution < 1.29 is 8.42 Å². The Hall–Kier alpha value is -2.07. The van der Waals surface area contributed by atoms with Crippen molar-refractivity contribution in [3.63, 3.8) is 0 Å². The highest BCUT2D eigenvalue weighted by Crippen LogP contribution is 2.19. The molecule has 0 spiro atoms. The van der Waals surface area contributed by atoms with Crippen LogP contribution < -0.4 is 4.72 Å². The first-order chi connectivity index (χ1) is 13.5. The van der Waals surface area contributed by atoms with Gasteiger partial charge in [-0.3, -0.25) is 4.90 Å². The van der Waals surface area contributed by atoms with Gasteiger partial charge in [-0.05, 0) is 36.1 Å². The number of aromatic nitrogens is 3. The molecule has 1 aliphatic rings. The molecule has 7 nitrogen and oxygen atoms in total. The average Bonchev–Trinajstić information content (AvgIpc) is 3.22. The van der Waals surface area contributed by atoms with E-state index in [4.69, 9.17) is 0 Å². The Bertz CT molecular complexity index is 1040. The quantitative estimate of drug-likeness (QED) is 0.665. The van der Waals surface area contributed by atoms with E-state index in [1.807, 2.05) is 0 Å². The lowest BCUT2D eigenvalue weighted by molar-refractivity contribution is 0.272. The van der Waals surface area contributed by atoms with Gasteiger partial charge in [0, 0.05) is 37.5 Å². The first kappa shape index (κ1) is 19.3. The minimum atomic E-state index is -3.56. The Kier molecular flexibility index (Phi) is 5.58. The molecule has 1 N–H and O–H groups in total. The Balaban J connectivity index is 1.42. The van der Waals surface area contributed by atoms with E-state index >= 15 is 0 Å². The van der Waals surface area contributed by atoms with Crippen LogP contribution in [0.4, 0.5) is 0 Å². The molecule has 0 saturated heterocycles. The van der Waals surface area contributed by atoms with Crippen LogP contribution in [0.3, 0.4) is 0 Å². The fraction of sp³-hybridized carbons (Fsp3) is 0.368.